The van der Waals surface area contributed by atoms with Crippen LogP contribution >= 0.6 is 0 Å². The van der Waals surface area contributed by atoms with Gasteiger partial charge in [0.2, 0.25) is 0 Å². The minimum Gasteiger partial charge on any atom is -0.616 e. The highest BCUT2D eigenvalue weighted by Gasteiger charge is 2.15. The van der Waals surface area contributed by atoms with Gasteiger partial charge in [-0.25, -0.2) is 13.2 Å². The van der Waals surface area contributed by atoms with Crippen LogP contribution in [0, 0.1) is 17.5 Å². The zero-order valence-electron chi connectivity index (χ0n) is 15.0. The summed E-state index contributed by atoms with van der Waals surface area (Å²) in [6, 6.07) is 8.76. The molecule has 8 heteroatoms. The molecule has 0 saturated carbocycles. The molecule has 1 aromatic heterocycles. The summed E-state index contributed by atoms with van der Waals surface area (Å²) in [5, 5.41) is 0. The number of benzene rings is 2. The van der Waals surface area contributed by atoms with E-state index >= 15 is 0 Å². The van der Waals surface area contributed by atoms with Gasteiger partial charge in [0, 0.05) is 36.0 Å². The molecule has 0 aliphatic heterocycles. The summed E-state index contributed by atoms with van der Waals surface area (Å²) in [5.74, 6) is -2.37. The van der Waals surface area contributed by atoms with Gasteiger partial charge in [0.15, 0.2) is 17.4 Å². The molecular weight excluding hydrogens is 391 g/mol. The number of halogens is 3. The molecule has 0 radical (unpaired) electrons. The van der Waals surface area contributed by atoms with Crippen molar-refractivity contribution in [3.05, 3.63) is 82.0 Å². The van der Waals surface area contributed by atoms with E-state index < -0.39 is 34.2 Å². The molecule has 0 saturated heterocycles. The topological polar surface area (TPSA) is 54.3 Å². The van der Waals surface area contributed by atoms with E-state index in [4.69, 9.17) is 4.74 Å². The average Bonchev–Trinajstić information content (AvgIpc) is 2.62. The maximum absolute atomic E-state index is 14.0. The van der Waals surface area contributed by atoms with Crippen molar-refractivity contribution < 1.29 is 22.5 Å². The van der Waals surface area contributed by atoms with Crippen LogP contribution in [0.2, 0.25) is 0 Å². The standard InChI is InChI=1S/C20H16F3NO3S/c1-24-10-13(8-17(23)20(24)25)15-7-12(11-28(2)26)3-5-18(15)27-19-6-4-14(21)9-16(19)22/h3-10H,11H2,1-2H3. The number of nitrogens with zero attached hydrogens (tertiary/aromatic N) is 1. The van der Waals surface area contributed by atoms with E-state index in [9.17, 15) is 22.5 Å². The molecule has 1 atom stereocenters. The second-order valence-electron chi connectivity index (χ2n) is 6.22. The van der Waals surface area contributed by atoms with Gasteiger partial charge in [0.1, 0.15) is 17.3 Å². The van der Waals surface area contributed by atoms with E-state index in [1.807, 2.05) is 0 Å². The minimum atomic E-state index is -1.12. The first kappa shape index (κ1) is 20.0. The number of hydrogen-bond acceptors (Lipinski definition) is 3. The Kier molecular flexibility index (Phi) is 5.81. The Morgan fingerprint density at radius 2 is 1.75 bits per heavy atom. The van der Waals surface area contributed by atoms with Gasteiger partial charge in [-0.05, 0) is 30.3 Å². The Labute approximate surface area is 162 Å². The van der Waals surface area contributed by atoms with Gasteiger partial charge in [0.25, 0.3) is 5.56 Å². The average molecular weight is 407 g/mol. The first-order chi connectivity index (χ1) is 13.2. The smallest absolute Gasteiger partial charge is 0.286 e. The number of rotatable bonds is 5. The monoisotopic (exact) mass is 407 g/mol. The summed E-state index contributed by atoms with van der Waals surface area (Å²) < 4.78 is 59.3. The summed E-state index contributed by atoms with van der Waals surface area (Å²) in [6.45, 7) is 0. The van der Waals surface area contributed by atoms with E-state index in [-0.39, 0.29) is 17.3 Å². The molecule has 28 heavy (non-hydrogen) atoms. The van der Waals surface area contributed by atoms with Crippen LogP contribution in [0.5, 0.6) is 11.5 Å². The van der Waals surface area contributed by atoms with Crippen molar-refractivity contribution in [2.24, 2.45) is 7.05 Å². The molecule has 0 bridgehead atoms. The fourth-order valence-electron chi connectivity index (χ4n) is 2.71. The summed E-state index contributed by atoms with van der Waals surface area (Å²) in [4.78, 5) is 11.6. The third-order valence-corrected chi connectivity index (χ3v) is 4.72. The summed E-state index contributed by atoms with van der Waals surface area (Å²) in [5.41, 5.74) is 0.598. The molecule has 4 nitrogen and oxygen atoms in total. The molecule has 0 aliphatic carbocycles. The Morgan fingerprint density at radius 3 is 2.39 bits per heavy atom. The van der Waals surface area contributed by atoms with Crippen molar-refractivity contribution in [3.8, 4) is 22.6 Å². The van der Waals surface area contributed by atoms with Crippen LogP contribution in [0.25, 0.3) is 11.1 Å². The van der Waals surface area contributed by atoms with E-state index in [0.29, 0.717) is 22.8 Å². The summed E-state index contributed by atoms with van der Waals surface area (Å²) in [7, 11) is 1.40. The van der Waals surface area contributed by atoms with E-state index in [2.05, 4.69) is 0 Å². The zero-order chi connectivity index (χ0) is 20.4. The van der Waals surface area contributed by atoms with Crippen molar-refractivity contribution in [2.45, 2.75) is 5.75 Å². The number of aromatic nitrogens is 1. The lowest BCUT2D eigenvalue weighted by atomic mass is 10.0. The Hall–Kier alpha value is -2.71. The van der Waals surface area contributed by atoms with Gasteiger partial charge in [-0.3, -0.25) is 4.79 Å². The molecule has 0 aliphatic rings. The number of aryl methyl sites for hydroxylation is 1. The van der Waals surface area contributed by atoms with Gasteiger partial charge in [-0.1, -0.05) is 17.2 Å². The van der Waals surface area contributed by atoms with Crippen LogP contribution < -0.4 is 10.3 Å². The van der Waals surface area contributed by atoms with Crippen LogP contribution in [0.4, 0.5) is 13.2 Å². The summed E-state index contributed by atoms with van der Waals surface area (Å²) >= 11 is -1.12. The Morgan fingerprint density at radius 1 is 1.04 bits per heavy atom. The van der Waals surface area contributed by atoms with E-state index in [1.165, 1.54) is 19.3 Å². The van der Waals surface area contributed by atoms with Crippen molar-refractivity contribution in [1.82, 2.24) is 4.57 Å². The van der Waals surface area contributed by atoms with Crippen LogP contribution in [-0.4, -0.2) is 15.4 Å². The van der Waals surface area contributed by atoms with Gasteiger partial charge in [-0.2, -0.15) is 0 Å². The predicted molar refractivity (Wildman–Crippen MR) is 101 cm³/mol. The molecule has 3 rings (SSSR count). The lowest BCUT2D eigenvalue weighted by molar-refractivity contribution is 0.439. The lowest BCUT2D eigenvalue weighted by Crippen LogP contribution is -2.19. The highest BCUT2D eigenvalue weighted by atomic mass is 32.2. The molecule has 2 aromatic carbocycles. The highest BCUT2D eigenvalue weighted by molar-refractivity contribution is 7.89. The maximum atomic E-state index is 14.0. The first-order valence-electron chi connectivity index (χ1n) is 8.17. The molecule has 3 aromatic rings. The minimum absolute atomic E-state index is 0.175. The zero-order valence-corrected chi connectivity index (χ0v) is 15.9. The maximum Gasteiger partial charge on any atom is 0.286 e. The fourth-order valence-corrected chi connectivity index (χ4v) is 3.36. The quantitative estimate of drug-likeness (QED) is 0.598. The van der Waals surface area contributed by atoms with Crippen molar-refractivity contribution >= 4 is 11.2 Å². The van der Waals surface area contributed by atoms with Crippen molar-refractivity contribution in [2.75, 3.05) is 6.26 Å². The Bertz CT molecular complexity index is 1060. The van der Waals surface area contributed by atoms with Crippen molar-refractivity contribution in [3.63, 3.8) is 0 Å². The second kappa shape index (κ2) is 8.12. The molecule has 0 N–H and O–H groups in total. The molecule has 1 unspecified atom stereocenters. The van der Waals surface area contributed by atoms with Crippen molar-refractivity contribution in [1.29, 1.82) is 0 Å². The van der Waals surface area contributed by atoms with Gasteiger partial charge in [0.05, 0.1) is 6.26 Å². The molecular formula is C20H16F3NO3S. The first-order valence-corrected chi connectivity index (χ1v) is 9.89. The second-order valence-corrected chi connectivity index (χ2v) is 7.65. The predicted octanol–water partition coefficient (Wildman–Crippen LogP) is 4.14. The van der Waals surface area contributed by atoms with Crippen LogP contribution in [0.3, 0.4) is 0 Å². The molecule has 146 valence electrons. The number of pyridine rings is 1. The third-order valence-electron chi connectivity index (χ3n) is 3.98. The highest BCUT2D eigenvalue weighted by Crippen LogP contribution is 2.35. The molecule has 0 fully saturated rings. The largest absolute Gasteiger partial charge is 0.616 e. The lowest BCUT2D eigenvalue weighted by Gasteiger charge is -2.15. The van der Waals surface area contributed by atoms with E-state index in [0.717, 1.165) is 22.8 Å². The normalized spacial score (nSPS) is 12.1. The number of ether oxygens (including phenoxy) is 1. The van der Waals surface area contributed by atoms with Crippen LogP contribution in [0.15, 0.2) is 53.5 Å². The molecule has 0 spiro atoms. The van der Waals surface area contributed by atoms with Gasteiger partial charge < -0.3 is 13.9 Å². The third kappa shape index (κ3) is 4.40. The van der Waals surface area contributed by atoms with Crippen LogP contribution in [0.1, 0.15) is 5.56 Å². The van der Waals surface area contributed by atoms with Gasteiger partial charge in [-0.15, -0.1) is 0 Å². The molecule has 1 heterocycles. The van der Waals surface area contributed by atoms with Gasteiger partial charge >= 0.3 is 0 Å². The SMILES string of the molecule is Cn1cc(-c2cc(C[S+](C)[O-])ccc2Oc2ccc(F)cc2F)cc(F)c1=O. The Balaban J connectivity index is 2.12. The van der Waals surface area contributed by atoms with E-state index in [1.54, 1.807) is 18.4 Å². The van der Waals surface area contributed by atoms with Crippen LogP contribution in [-0.2, 0) is 24.0 Å². The number of hydrogen-bond donors (Lipinski definition) is 0. The molecule has 0 amide bonds. The summed E-state index contributed by atoms with van der Waals surface area (Å²) in [6.07, 6.45) is 2.96. The fraction of sp³-hybridized carbons (Fsp3) is 0.150.